The van der Waals surface area contributed by atoms with E-state index in [1.165, 1.54) is 0 Å². The largest absolute Gasteiger partial charge is 0.494 e. The number of carbonyl (C=O) groups is 3. The van der Waals surface area contributed by atoms with Gasteiger partial charge in [0.2, 0.25) is 11.8 Å². The molecule has 1 unspecified atom stereocenters. The van der Waals surface area contributed by atoms with Crippen LogP contribution < -0.4 is 20.3 Å². The lowest BCUT2D eigenvalue weighted by Crippen LogP contribution is -2.30. The normalized spacial score (nSPS) is 18.2. The number of nitrogens with zero attached hydrogens (tertiary/aromatic N) is 1. The number of amides is 3. The number of carbonyl (C=O) groups excluding carboxylic acids is 3. The van der Waals surface area contributed by atoms with E-state index in [9.17, 15) is 14.4 Å². The monoisotopic (exact) mass is 407 g/mol. The highest BCUT2D eigenvalue weighted by Crippen LogP contribution is 2.28. The third-order valence-electron chi connectivity index (χ3n) is 5.30. The standard InChI is InChI=1S/C23H25N3O4/c1-2-30-18-11-9-17(10-12-18)26-14-15(13-21(26)27)22(28)25-20-6-4-3-5-19(20)23(29)24-16-7-8-16/h3-6,9-12,15-16H,2,7-8,13-14H2,1H3,(H,24,29)(H,25,28). The second kappa shape index (κ2) is 8.57. The molecule has 1 aliphatic heterocycles. The lowest BCUT2D eigenvalue weighted by Gasteiger charge is -2.17. The topological polar surface area (TPSA) is 87.7 Å². The van der Waals surface area contributed by atoms with E-state index >= 15 is 0 Å². The SMILES string of the molecule is CCOc1ccc(N2CC(C(=O)Nc3ccccc3C(=O)NC3CC3)CC2=O)cc1. The smallest absolute Gasteiger partial charge is 0.253 e. The van der Waals surface area contributed by atoms with Crippen molar-refractivity contribution in [3.63, 3.8) is 0 Å². The average molecular weight is 407 g/mol. The number of nitrogens with one attached hydrogen (secondary N) is 2. The van der Waals surface area contributed by atoms with Gasteiger partial charge in [0.15, 0.2) is 0 Å². The van der Waals surface area contributed by atoms with Crippen molar-refractivity contribution in [2.75, 3.05) is 23.4 Å². The molecular weight excluding hydrogens is 382 g/mol. The van der Waals surface area contributed by atoms with Gasteiger partial charge in [0, 0.05) is 24.7 Å². The van der Waals surface area contributed by atoms with Crippen LogP contribution in [0.3, 0.4) is 0 Å². The van der Waals surface area contributed by atoms with E-state index in [1.54, 1.807) is 29.2 Å². The molecule has 156 valence electrons. The van der Waals surface area contributed by atoms with Crippen LogP contribution in [0.5, 0.6) is 5.75 Å². The zero-order chi connectivity index (χ0) is 21.1. The highest BCUT2D eigenvalue weighted by molar-refractivity contribution is 6.07. The van der Waals surface area contributed by atoms with Crippen LogP contribution in [-0.4, -0.2) is 36.9 Å². The number of benzene rings is 2. The quantitative estimate of drug-likeness (QED) is 0.739. The molecule has 1 heterocycles. The first-order chi connectivity index (χ1) is 14.5. The summed E-state index contributed by atoms with van der Waals surface area (Å²) in [7, 11) is 0. The minimum atomic E-state index is -0.483. The van der Waals surface area contributed by atoms with E-state index in [4.69, 9.17) is 4.74 Å². The van der Waals surface area contributed by atoms with Gasteiger partial charge in [-0.25, -0.2) is 0 Å². The number of rotatable bonds is 7. The summed E-state index contributed by atoms with van der Waals surface area (Å²) in [6.07, 6.45) is 2.12. The molecule has 3 amide bonds. The van der Waals surface area contributed by atoms with Gasteiger partial charge < -0.3 is 20.3 Å². The Bertz CT molecular complexity index is 953. The Morgan fingerprint density at radius 2 is 1.83 bits per heavy atom. The zero-order valence-corrected chi connectivity index (χ0v) is 16.9. The van der Waals surface area contributed by atoms with Gasteiger partial charge >= 0.3 is 0 Å². The first-order valence-electron chi connectivity index (χ1n) is 10.3. The van der Waals surface area contributed by atoms with Crippen molar-refractivity contribution in [3.05, 3.63) is 54.1 Å². The zero-order valence-electron chi connectivity index (χ0n) is 16.9. The number of hydrogen-bond donors (Lipinski definition) is 2. The minimum absolute atomic E-state index is 0.0981. The molecule has 7 heteroatoms. The van der Waals surface area contributed by atoms with Crippen LogP contribution in [0, 0.1) is 5.92 Å². The van der Waals surface area contributed by atoms with Crippen LogP contribution in [0.25, 0.3) is 0 Å². The molecule has 0 bridgehead atoms. The molecule has 1 saturated carbocycles. The molecule has 7 nitrogen and oxygen atoms in total. The first kappa shape index (κ1) is 19.9. The minimum Gasteiger partial charge on any atom is -0.494 e. The molecule has 2 aromatic carbocycles. The van der Waals surface area contributed by atoms with Crippen LogP contribution in [0.2, 0.25) is 0 Å². The Hall–Kier alpha value is -3.35. The molecule has 2 fully saturated rings. The Balaban J connectivity index is 1.42. The summed E-state index contributed by atoms with van der Waals surface area (Å²) in [6, 6.07) is 14.4. The Morgan fingerprint density at radius 1 is 1.10 bits per heavy atom. The number of hydrogen-bond acceptors (Lipinski definition) is 4. The van der Waals surface area contributed by atoms with Crippen molar-refractivity contribution < 1.29 is 19.1 Å². The second-order valence-electron chi connectivity index (χ2n) is 7.61. The highest BCUT2D eigenvalue weighted by atomic mass is 16.5. The lowest BCUT2D eigenvalue weighted by atomic mass is 10.1. The molecule has 0 aromatic heterocycles. The summed E-state index contributed by atoms with van der Waals surface area (Å²) < 4.78 is 5.43. The van der Waals surface area contributed by atoms with Gasteiger partial charge in [0.05, 0.1) is 23.8 Å². The molecule has 2 N–H and O–H groups in total. The maximum absolute atomic E-state index is 12.8. The molecule has 2 aromatic rings. The van der Waals surface area contributed by atoms with Gasteiger partial charge in [-0.15, -0.1) is 0 Å². The molecule has 30 heavy (non-hydrogen) atoms. The van der Waals surface area contributed by atoms with E-state index in [0.29, 0.717) is 24.4 Å². The highest BCUT2D eigenvalue weighted by Gasteiger charge is 2.35. The summed E-state index contributed by atoms with van der Waals surface area (Å²) in [6.45, 7) is 2.79. The van der Waals surface area contributed by atoms with E-state index < -0.39 is 5.92 Å². The summed E-state index contributed by atoms with van der Waals surface area (Å²) in [5.74, 6) is -0.290. The van der Waals surface area contributed by atoms with Crippen LogP contribution >= 0.6 is 0 Å². The molecule has 1 atom stereocenters. The van der Waals surface area contributed by atoms with Crippen molar-refractivity contribution in [2.45, 2.75) is 32.2 Å². The second-order valence-corrected chi connectivity index (χ2v) is 7.61. The average Bonchev–Trinajstić information content (AvgIpc) is 3.47. The van der Waals surface area contributed by atoms with Crippen molar-refractivity contribution in [2.24, 2.45) is 5.92 Å². The van der Waals surface area contributed by atoms with Gasteiger partial charge in [-0.2, -0.15) is 0 Å². The fourth-order valence-electron chi connectivity index (χ4n) is 3.54. The van der Waals surface area contributed by atoms with Gasteiger partial charge in [0.25, 0.3) is 5.91 Å². The predicted molar refractivity (Wildman–Crippen MR) is 114 cm³/mol. The molecule has 4 rings (SSSR count). The predicted octanol–water partition coefficient (Wildman–Crippen LogP) is 2.97. The molecular formula is C23H25N3O4. The van der Waals surface area contributed by atoms with Crippen LogP contribution in [-0.2, 0) is 9.59 Å². The molecule has 0 radical (unpaired) electrons. The lowest BCUT2D eigenvalue weighted by molar-refractivity contribution is -0.122. The van der Waals surface area contributed by atoms with Crippen molar-refractivity contribution >= 4 is 29.1 Å². The summed E-state index contributed by atoms with van der Waals surface area (Å²) >= 11 is 0. The van der Waals surface area contributed by atoms with Crippen molar-refractivity contribution in [3.8, 4) is 5.75 Å². The fraction of sp³-hybridized carbons (Fsp3) is 0.348. The van der Waals surface area contributed by atoms with Crippen molar-refractivity contribution in [1.29, 1.82) is 0 Å². The molecule has 0 spiro atoms. The van der Waals surface area contributed by atoms with Gasteiger partial charge in [-0.1, -0.05) is 12.1 Å². The van der Waals surface area contributed by atoms with Crippen molar-refractivity contribution in [1.82, 2.24) is 5.32 Å². The number of para-hydroxylation sites is 1. The number of ether oxygens (including phenoxy) is 1. The maximum atomic E-state index is 12.8. The summed E-state index contributed by atoms with van der Waals surface area (Å²) in [4.78, 5) is 39.4. The Kier molecular flexibility index (Phi) is 5.70. The van der Waals surface area contributed by atoms with Crippen LogP contribution in [0.1, 0.15) is 36.5 Å². The molecule has 2 aliphatic rings. The fourth-order valence-corrected chi connectivity index (χ4v) is 3.54. The maximum Gasteiger partial charge on any atom is 0.253 e. The molecule has 1 aliphatic carbocycles. The Morgan fingerprint density at radius 3 is 2.53 bits per heavy atom. The van der Waals surface area contributed by atoms with Crippen LogP contribution in [0.4, 0.5) is 11.4 Å². The van der Waals surface area contributed by atoms with E-state index in [2.05, 4.69) is 10.6 Å². The van der Waals surface area contributed by atoms with E-state index in [-0.39, 0.29) is 30.2 Å². The van der Waals surface area contributed by atoms with Gasteiger partial charge in [0.1, 0.15) is 5.75 Å². The summed E-state index contributed by atoms with van der Waals surface area (Å²) in [5.41, 5.74) is 1.64. The summed E-state index contributed by atoms with van der Waals surface area (Å²) in [5, 5.41) is 5.79. The van der Waals surface area contributed by atoms with Gasteiger partial charge in [-0.05, 0) is 56.2 Å². The third kappa shape index (κ3) is 4.45. The number of anilines is 2. The van der Waals surface area contributed by atoms with E-state index in [1.807, 2.05) is 31.2 Å². The first-order valence-corrected chi connectivity index (χ1v) is 10.3. The van der Waals surface area contributed by atoms with Crippen LogP contribution in [0.15, 0.2) is 48.5 Å². The third-order valence-corrected chi connectivity index (χ3v) is 5.30. The Labute approximate surface area is 175 Å². The molecule has 1 saturated heterocycles. The van der Waals surface area contributed by atoms with E-state index in [0.717, 1.165) is 24.3 Å². The van der Waals surface area contributed by atoms with Gasteiger partial charge in [-0.3, -0.25) is 14.4 Å².